The summed E-state index contributed by atoms with van der Waals surface area (Å²) in [4.78, 5) is 14.7. The molecule has 1 atom stereocenters. The molecule has 0 aliphatic carbocycles. The number of nitrogens with one attached hydrogen (secondary N) is 1. The summed E-state index contributed by atoms with van der Waals surface area (Å²) in [7, 11) is 0. The van der Waals surface area contributed by atoms with Crippen molar-refractivity contribution in [3.05, 3.63) is 24.0 Å². The third-order valence-electron chi connectivity index (χ3n) is 2.87. The lowest BCUT2D eigenvalue weighted by Gasteiger charge is -2.13. The summed E-state index contributed by atoms with van der Waals surface area (Å²) in [6.07, 6.45) is 0.697. The molecule has 3 N–H and O–H groups in total. The van der Waals surface area contributed by atoms with Gasteiger partial charge >= 0.3 is 6.09 Å². The van der Waals surface area contributed by atoms with Gasteiger partial charge in [-0.05, 0) is 19.1 Å². The molecule has 1 unspecified atom stereocenters. The molecule has 0 bridgehead atoms. The van der Waals surface area contributed by atoms with E-state index in [4.69, 9.17) is 24.4 Å². The fourth-order valence-corrected chi connectivity index (χ4v) is 1.79. The maximum Gasteiger partial charge on any atom is 0.404 e. The third-order valence-corrected chi connectivity index (χ3v) is 2.87. The molecule has 0 saturated carbocycles. The van der Waals surface area contributed by atoms with Crippen molar-refractivity contribution in [2.45, 2.75) is 19.4 Å². The highest BCUT2D eigenvalue weighted by Gasteiger charge is 2.11. The molecule has 0 aromatic carbocycles. The molecular weight excluding hydrogens is 304 g/mol. The van der Waals surface area contributed by atoms with Gasteiger partial charge in [0.05, 0.1) is 38.7 Å². The highest BCUT2D eigenvalue weighted by Crippen LogP contribution is 2.10. The molecule has 0 spiro atoms. The Hall–Kier alpha value is -1.90. The van der Waals surface area contributed by atoms with E-state index in [0.717, 1.165) is 0 Å². The van der Waals surface area contributed by atoms with Crippen LogP contribution in [0.4, 0.5) is 4.79 Å². The predicted octanol–water partition coefficient (Wildman–Crippen LogP) is 0.685. The van der Waals surface area contributed by atoms with E-state index in [0.29, 0.717) is 50.9 Å². The molecule has 0 aliphatic rings. The molecule has 0 radical (unpaired) electrons. The van der Waals surface area contributed by atoms with Crippen LogP contribution < -0.4 is 10.1 Å². The van der Waals surface area contributed by atoms with E-state index < -0.39 is 12.1 Å². The number of carboxylic acid groups (broad SMARTS) is 1. The van der Waals surface area contributed by atoms with Crippen LogP contribution in [-0.4, -0.2) is 67.0 Å². The Balaban J connectivity index is 2.26. The Morgan fingerprint density at radius 3 is 2.61 bits per heavy atom. The Morgan fingerprint density at radius 1 is 1.26 bits per heavy atom. The number of carbonyl (C=O) groups is 1. The molecular formula is C15H24N2O6. The zero-order chi connectivity index (χ0) is 16.9. The van der Waals surface area contributed by atoms with Gasteiger partial charge in [-0.1, -0.05) is 0 Å². The van der Waals surface area contributed by atoms with Gasteiger partial charge in [-0.2, -0.15) is 0 Å². The van der Waals surface area contributed by atoms with Crippen LogP contribution >= 0.6 is 0 Å². The van der Waals surface area contributed by atoms with Gasteiger partial charge in [-0.15, -0.1) is 0 Å². The van der Waals surface area contributed by atoms with E-state index in [-0.39, 0.29) is 6.61 Å². The zero-order valence-electron chi connectivity index (χ0n) is 13.2. The van der Waals surface area contributed by atoms with E-state index in [2.05, 4.69) is 10.3 Å². The van der Waals surface area contributed by atoms with Gasteiger partial charge in [0.2, 0.25) is 0 Å². The molecule has 0 fully saturated rings. The fraction of sp³-hybridized carbons (Fsp3) is 0.600. The summed E-state index contributed by atoms with van der Waals surface area (Å²) in [6.45, 7) is 4.30. The van der Waals surface area contributed by atoms with E-state index >= 15 is 0 Å². The number of rotatable bonds is 12. The van der Waals surface area contributed by atoms with Gasteiger partial charge in [0.25, 0.3) is 0 Å². The van der Waals surface area contributed by atoms with Crippen molar-refractivity contribution < 1.29 is 29.2 Å². The summed E-state index contributed by atoms with van der Waals surface area (Å²) in [6, 6.07) is 2.90. The van der Waals surface area contributed by atoms with Crippen molar-refractivity contribution in [3.63, 3.8) is 0 Å². The molecule has 0 aliphatic heterocycles. The molecule has 8 nitrogen and oxygen atoms in total. The first kappa shape index (κ1) is 19.1. The Labute approximate surface area is 135 Å². The minimum Gasteiger partial charge on any atom is -0.490 e. The number of aliphatic hydroxyl groups is 1. The third kappa shape index (κ3) is 8.97. The lowest BCUT2D eigenvalue weighted by molar-refractivity contribution is 0.0404. The second-order valence-corrected chi connectivity index (χ2v) is 4.68. The van der Waals surface area contributed by atoms with Crippen molar-refractivity contribution in [2.75, 3.05) is 39.6 Å². The minimum absolute atomic E-state index is 0.286. The first-order valence-corrected chi connectivity index (χ1v) is 7.49. The second-order valence-electron chi connectivity index (χ2n) is 4.68. The summed E-state index contributed by atoms with van der Waals surface area (Å²) < 4.78 is 15.9. The number of amides is 1. The summed E-state index contributed by atoms with van der Waals surface area (Å²) in [5.74, 6) is 0.605. The molecule has 1 amide bonds. The lowest BCUT2D eigenvalue weighted by Crippen LogP contribution is -2.38. The molecule has 1 aromatic heterocycles. The number of pyridine rings is 1. The van der Waals surface area contributed by atoms with Crippen LogP contribution in [0.2, 0.25) is 0 Å². The quantitative estimate of drug-likeness (QED) is 0.484. The van der Waals surface area contributed by atoms with Crippen LogP contribution in [0.1, 0.15) is 12.6 Å². The number of aliphatic hydroxyl groups excluding tert-OH is 1. The average molecular weight is 328 g/mol. The van der Waals surface area contributed by atoms with Crippen LogP contribution in [0.25, 0.3) is 0 Å². The highest BCUT2D eigenvalue weighted by molar-refractivity contribution is 5.64. The van der Waals surface area contributed by atoms with Crippen LogP contribution in [-0.2, 0) is 15.9 Å². The van der Waals surface area contributed by atoms with Gasteiger partial charge in [0.1, 0.15) is 12.4 Å². The minimum atomic E-state index is -1.17. The van der Waals surface area contributed by atoms with E-state index in [1.54, 1.807) is 18.3 Å². The van der Waals surface area contributed by atoms with Crippen molar-refractivity contribution in [1.82, 2.24) is 10.3 Å². The average Bonchev–Trinajstić information content (AvgIpc) is 2.54. The van der Waals surface area contributed by atoms with Gasteiger partial charge < -0.3 is 29.7 Å². The van der Waals surface area contributed by atoms with E-state index in [9.17, 15) is 4.79 Å². The van der Waals surface area contributed by atoms with Crippen LogP contribution in [0.15, 0.2) is 18.3 Å². The smallest absolute Gasteiger partial charge is 0.404 e. The van der Waals surface area contributed by atoms with Gasteiger partial charge in [-0.25, -0.2) is 4.79 Å². The Morgan fingerprint density at radius 2 is 2.00 bits per heavy atom. The summed E-state index contributed by atoms with van der Waals surface area (Å²) in [5.41, 5.74) is 0.665. The summed E-state index contributed by atoms with van der Waals surface area (Å²) >= 11 is 0. The molecule has 0 saturated heterocycles. The molecule has 1 aromatic rings. The fourth-order valence-electron chi connectivity index (χ4n) is 1.79. The molecule has 130 valence electrons. The monoisotopic (exact) mass is 328 g/mol. The van der Waals surface area contributed by atoms with Gasteiger partial charge in [0.15, 0.2) is 0 Å². The van der Waals surface area contributed by atoms with E-state index in [1.807, 2.05) is 6.92 Å². The number of hydrogen-bond donors (Lipinski definition) is 3. The number of hydrogen-bond acceptors (Lipinski definition) is 6. The number of nitrogens with zero attached hydrogens (tertiary/aromatic N) is 1. The maximum atomic E-state index is 10.6. The maximum absolute atomic E-state index is 10.6. The Bertz CT molecular complexity index is 440. The Kier molecular flexibility index (Phi) is 9.69. The van der Waals surface area contributed by atoms with E-state index in [1.165, 1.54) is 0 Å². The first-order valence-electron chi connectivity index (χ1n) is 7.49. The topological polar surface area (TPSA) is 110 Å². The standard InChI is InChI=1S/C15H24N2O6/c1-2-21-5-6-22-7-8-23-14-4-3-12(16-10-14)9-13(11-18)17-15(19)20/h3-4,10,13,17-18H,2,5-9,11H2,1H3,(H,19,20). The van der Waals surface area contributed by atoms with Crippen molar-refractivity contribution >= 4 is 6.09 Å². The van der Waals surface area contributed by atoms with Gasteiger partial charge in [0, 0.05) is 18.7 Å². The van der Waals surface area contributed by atoms with Crippen molar-refractivity contribution in [3.8, 4) is 5.75 Å². The largest absolute Gasteiger partial charge is 0.490 e. The van der Waals surface area contributed by atoms with Crippen LogP contribution in [0, 0.1) is 0 Å². The zero-order valence-corrected chi connectivity index (χ0v) is 13.2. The molecule has 1 rings (SSSR count). The number of ether oxygens (including phenoxy) is 3. The van der Waals surface area contributed by atoms with Gasteiger partial charge in [-0.3, -0.25) is 4.98 Å². The normalized spacial score (nSPS) is 11.9. The number of aromatic nitrogens is 1. The highest BCUT2D eigenvalue weighted by atomic mass is 16.5. The van der Waals surface area contributed by atoms with Crippen molar-refractivity contribution in [1.29, 1.82) is 0 Å². The van der Waals surface area contributed by atoms with Crippen LogP contribution in [0.5, 0.6) is 5.75 Å². The lowest BCUT2D eigenvalue weighted by atomic mass is 10.1. The SMILES string of the molecule is CCOCCOCCOc1ccc(CC(CO)NC(=O)O)nc1. The van der Waals surface area contributed by atoms with Crippen molar-refractivity contribution in [2.24, 2.45) is 0 Å². The molecule has 23 heavy (non-hydrogen) atoms. The summed E-state index contributed by atoms with van der Waals surface area (Å²) in [5, 5.41) is 20.0. The molecule has 1 heterocycles. The molecule has 8 heteroatoms. The van der Waals surface area contributed by atoms with Crippen LogP contribution in [0.3, 0.4) is 0 Å². The second kappa shape index (κ2) is 11.6. The first-order chi connectivity index (χ1) is 11.2. The predicted molar refractivity (Wildman–Crippen MR) is 82.8 cm³/mol.